The second-order valence-electron chi connectivity index (χ2n) is 7.63. The van der Waals surface area contributed by atoms with Crippen molar-refractivity contribution in [2.24, 2.45) is 5.73 Å². The van der Waals surface area contributed by atoms with Gasteiger partial charge in [0.25, 0.3) is 0 Å². The molecule has 2 N–H and O–H groups in total. The van der Waals surface area contributed by atoms with Gasteiger partial charge in [-0.2, -0.15) is 0 Å². The first-order chi connectivity index (χ1) is 14.9. The smallest absolute Gasteiger partial charge is 0.248 e. The van der Waals surface area contributed by atoms with Crippen LogP contribution in [0.5, 0.6) is 0 Å². The van der Waals surface area contributed by atoms with E-state index >= 15 is 0 Å². The van der Waals surface area contributed by atoms with Crippen LogP contribution in [0.1, 0.15) is 35.0 Å². The highest BCUT2D eigenvalue weighted by atomic mass is 16.1. The number of imidazole rings is 1. The lowest BCUT2D eigenvalue weighted by Crippen LogP contribution is -2.12. The number of carbonyl (C=O) groups is 2. The first-order valence-electron chi connectivity index (χ1n) is 10.1. The van der Waals surface area contributed by atoms with Gasteiger partial charge >= 0.3 is 0 Å². The van der Waals surface area contributed by atoms with Crippen LogP contribution in [-0.4, -0.2) is 25.8 Å². The molecule has 0 saturated carbocycles. The summed E-state index contributed by atoms with van der Waals surface area (Å²) in [5.41, 5.74) is 12.0. The first-order valence-corrected chi connectivity index (χ1v) is 10.1. The molecule has 4 aromatic rings. The number of ketones is 1. The number of primary amides is 1. The quantitative estimate of drug-likeness (QED) is 0.492. The predicted molar refractivity (Wildman–Crippen MR) is 121 cm³/mol. The van der Waals surface area contributed by atoms with E-state index in [0.717, 1.165) is 33.9 Å². The molecule has 0 unspecified atom stereocenters. The Morgan fingerprint density at radius 1 is 1.03 bits per heavy atom. The Kier molecular flexibility index (Phi) is 5.54. The van der Waals surface area contributed by atoms with Crippen molar-refractivity contribution in [2.45, 2.75) is 26.7 Å². The third kappa shape index (κ3) is 4.19. The van der Waals surface area contributed by atoms with Crippen molar-refractivity contribution >= 4 is 11.7 Å². The van der Waals surface area contributed by atoms with E-state index in [0.29, 0.717) is 18.4 Å². The van der Waals surface area contributed by atoms with Crippen LogP contribution in [0.2, 0.25) is 0 Å². The van der Waals surface area contributed by atoms with Gasteiger partial charge < -0.3 is 19.7 Å². The van der Waals surface area contributed by atoms with Gasteiger partial charge in [0.1, 0.15) is 5.78 Å². The Morgan fingerprint density at radius 3 is 2.42 bits per heavy atom. The summed E-state index contributed by atoms with van der Waals surface area (Å²) in [7, 11) is 0. The number of amides is 1. The molecule has 2 aromatic heterocycles. The number of nitrogens with two attached hydrogens (primary N) is 1. The molecule has 0 aliphatic carbocycles. The van der Waals surface area contributed by atoms with Gasteiger partial charge in [-0.3, -0.25) is 4.79 Å². The average molecular weight is 412 g/mol. The average Bonchev–Trinajstić information content (AvgIpc) is 3.42. The van der Waals surface area contributed by atoms with Gasteiger partial charge in [-0.15, -0.1) is 0 Å². The lowest BCUT2D eigenvalue weighted by molar-refractivity contribution is -0.117. The van der Waals surface area contributed by atoms with Crippen molar-refractivity contribution in [3.05, 3.63) is 90.1 Å². The van der Waals surface area contributed by atoms with Crippen LogP contribution in [0.25, 0.3) is 22.6 Å². The zero-order valence-electron chi connectivity index (χ0n) is 17.6. The van der Waals surface area contributed by atoms with Crippen molar-refractivity contribution in [3.8, 4) is 22.6 Å². The molecule has 0 saturated heterocycles. The van der Waals surface area contributed by atoms with Gasteiger partial charge in [0, 0.05) is 41.4 Å². The largest absolute Gasteiger partial charge is 0.366 e. The summed E-state index contributed by atoms with van der Waals surface area (Å²) in [6, 6.07) is 17.8. The van der Waals surface area contributed by atoms with Crippen LogP contribution in [0.3, 0.4) is 0 Å². The molecule has 6 nitrogen and oxygen atoms in total. The second kappa shape index (κ2) is 8.44. The Labute approximate surface area is 181 Å². The molecule has 0 spiro atoms. The molecule has 0 radical (unpaired) electrons. The molecular weight excluding hydrogens is 388 g/mol. The van der Waals surface area contributed by atoms with Crippen molar-refractivity contribution in [3.63, 3.8) is 0 Å². The van der Waals surface area contributed by atoms with E-state index in [1.807, 2.05) is 35.9 Å². The number of hydrogen-bond donors (Lipinski definition) is 1. The Morgan fingerprint density at radius 2 is 1.81 bits per heavy atom. The predicted octanol–water partition coefficient (Wildman–Crippen LogP) is 4.26. The zero-order valence-corrected chi connectivity index (χ0v) is 17.6. The molecule has 4 rings (SSSR count). The maximum absolute atomic E-state index is 11.6. The maximum atomic E-state index is 11.6. The van der Waals surface area contributed by atoms with E-state index in [4.69, 9.17) is 5.73 Å². The minimum Gasteiger partial charge on any atom is -0.366 e. The molecule has 1 amide bonds. The third-order valence-electron chi connectivity index (χ3n) is 5.38. The summed E-state index contributed by atoms with van der Waals surface area (Å²) in [5.74, 6) is -0.297. The molecule has 0 atom stereocenters. The summed E-state index contributed by atoms with van der Waals surface area (Å²) >= 11 is 0. The van der Waals surface area contributed by atoms with E-state index in [-0.39, 0.29) is 5.78 Å². The topological polar surface area (TPSA) is 82.9 Å². The summed E-state index contributed by atoms with van der Waals surface area (Å²) in [5, 5.41) is 0. The van der Waals surface area contributed by atoms with Crippen LogP contribution < -0.4 is 5.73 Å². The number of carbonyl (C=O) groups excluding carboxylic acids is 2. The fraction of sp³-hybridized carbons (Fsp3) is 0.160. The number of Topliss-reactive ketones (excluding diaryl/α,β-unsaturated/α-hetero) is 1. The Bertz CT molecular complexity index is 1240. The monoisotopic (exact) mass is 412 g/mol. The molecule has 0 fully saturated rings. The van der Waals surface area contributed by atoms with E-state index in [2.05, 4.69) is 33.8 Å². The van der Waals surface area contributed by atoms with Gasteiger partial charge in [0.2, 0.25) is 5.91 Å². The summed E-state index contributed by atoms with van der Waals surface area (Å²) < 4.78 is 4.11. The van der Waals surface area contributed by atoms with E-state index in [1.165, 1.54) is 0 Å². The minimum atomic E-state index is -0.450. The molecule has 0 bridgehead atoms. The molecule has 2 heterocycles. The number of aryl methyl sites for hydroxylation is 2. The van der Waals surface area contributed by atoms with Gasteiger partial charge in [0.15, 0.2) is 0 Å². The van der Waals surface area contributed by atoms with Crippen molar-refractivity contribution < 1.29 is 9.59 Å². The molecule has 31 heavy (non-hydrogen) atoms. The molecular formula is C25H24N4O2. The van der Waals surface area contributed by atoms with E-state index in [9.17, 15) is 9.59 Å². The molecule has 0 aliphatic rings. The van der Waals surface area contributed by atoms with Crippen molar-refractivity contribution in [2.75, 3.05) is 0 Å². The lowest BCUT2D eigenvalue weighted by atomic mass is 10.1. The van der Waals surface area contributed by atoms with E-state index in [1.54, 1.807) is 31.6 Å². The number of hydrogen-bond acceptors (Lipinski definition) is 3. The van der Waals surface area contributed by atoms with Gasteiger partial charge in [-0.25, -0.2) is 4.98 Å². The Hall–Kier alpha value is -3.93. The zero-order chi connectivity index (χ0) is 22.0. The second-order valence-corrected chi connectivity index (χ2v) is 7.63. The number of nitrogens with zero attached hydrogens (tertiary/aromatic N) is 3. The molecule has 0 aliphatic heterocycles. The fourth-order valence-corrected chi connectivity index (χ4v) is 3.76. The van der Waals surface area contributed by atoms with Crippen LogP contribution >= 0.6 is 0 Å². The summed E-state index contributed by atoms with van der Waals surface area (Å²) in [4.78, 5) is 27.3. The maximum Gasteiger partial charge on any atom is 0.248 e. The van der Waals surface area contributed by atoms with Gasteiger partial charge in [-0.1, -0.05) is 12.1 Å². The van der Waals surface area contributed by atoms with E-state index < -0.39 is 5.91 Å². The highest BCUT2D eigenvalue weighted by molar-refractivity contribution is 5.93. The minimum absolute atomic E-state index is 0.153. The molecule has 156 valence electrons. The van der Waals surface area contributed by atoms with Crippen LogP contribution in [-0.2, 0) is 11.2 Å². The SMILES string of the molecule is CC(=O)CCc1ccc(-c2ccc(-n3ccnc3)cc2)n1-c1ccc(C(N)=O)cc1C. The van der Waals surface area contributed by atoms with Gasteiger partial charge in [-0.05, 0) is 73.9 Å². The number of benzene rings is 2. The molecule has 2 aromatic carbocycles. The van der Waals surface area contributed by atoms with Crippen LogP contribution in [0, 0.1) is 6.92 Å². The van der Waals surface area contributed by atoms with Gasteiger partial charge in [0.05, 0.1) is 12.0 Å². The lowest BCUT2D eigenvalue weighted by Gasteiger charge is -2.17. The third-order valence-corrected chi connectivity index (χ3v) is 5.38. The normalized spacial score (nSPS) is 10.9. The van der Waals surface area contributed by atoms with Crippen LogP contribution in [0.4, 0.5) is 0 Å². The highest BCUT2D eigenvalue weighted by Gasteiger charge is 2.15. The van der Waals surface area contributed by atoms with Crippen molar-refractivity contribution in [1.29, 1.82) is 0 Å². The number of aromatic nitrogens is 3. The summed E-state index contributed by atoms with van der Waals surface area (Å²) in [6.45, 7) is 3.57. The highest BCUT2D eigenvalue weighted by Crippen LogP contribution is 2.30. The first kappa shape index (κ1) is 20.3. The fourth-order valence-electron chi connectivity index (χ4n) is 3.76. The summed E-state index contributed by atoms with van der Waals surface area (Å²) in [6.07, 6.45) is 6.53. The standard InChI is InChI=1S/C25H24N4O2/c1-17-15-20(25(26)31)6-11-23(17)29-22(7-3-18(2)30)10-12-24(29)19-4-8-21(9-5-19)28-14-13-27-16-28/h4-6,8-16H,3,7H2,1-2H3,(H2,26,31). The number of rotatable bonds is 7. The Balaban J connectivity index is 1.80. The van der Waals surface area contributed by atoms with Crippen LogP contribution in [0.15, 0.2) is 73.3 Å². The molecule has 6 heteroatoms. The van der Waals surface area contributed by atoms with Crippen molar-refractivity contribution in [1.82, 2.24) is 14.1 Å².